The van der Waals surface area contributed by atoms with E-state index in [0.717, 1.165) is 31.4 Å². The monoisotopic (exact) mass is 575 g/mol. The number of esters is 2. The van der Waals surface area contributed by atoms with Crippen LogP contribution in [0.15, 0.2) is 77.0 Å². The van der Waals surface area contributed by atoms with Gasteiger partial charge in [0.1, 0.15) is 11.5 Å². The predicted molar refractivity (Wildman–Crippen MR) is 163 cm³/mol. The molecule has 0 aromatic heterocycles. The van der Waals surface area contributed by atoms with Gasteiger partial charge in [-0.2, -0.15) is 15.5 Å². The fourth-order valence-electron chi connectivity index (χ4n) is 3.61. The predicted octanol–water partition coefficient (Wildman–Crippen LogP) is 8.62. The van der Waals surface area contributed by atoms with Gasteiger partial charge in [-0.1, -0.05) is 14.9 Å². The van der Waals surface area contributed by atoms with Crippen LogP contribution in [0.25, 0.3) is 0 Å². The summed E-state index contributed by atoms with van der Waals surface area (Å²) in [5.41, 5.74) is 2.47. The highest BCUT2D eigenvalue weighted by Gasteiger charge is 2.15. The van der Waals surface area contributed by atoms with Crippen LogP contribution in [0.5, 0.6) is 11.5 Å². The van der Waals surface area contributed by atoms with Gasteiger partial charge in [0.15, 0.2) is 0 Å². The van der Waals surface area contributed by atoms with Crippen molar-refractivity contribution in [2.75, 3.05) is 26.4 Å². The molecule has 42 heavy (non-hydrogen) atoms. The molecule has 0 aliphatic rings. The maximum atomic E-state index is 12.2. The average molecular weight is 576 g/mol. The van der Waals surface area contributed by atoms with Crippen molar-refractivity contribution in [1.29, 1.82) is 5.26 Å². The van der Waals surface area contributed by atoms with Gasteiger partial charge in [0.2, 0.25) is 0 Å². The normalized spacial score (nSPS) is 10.1. The number of hydrogen-bond donors (Lipinski definition) is 0. The number of nitrogens with zero attached hydrogens (tertiary/aromatic N) is 3. The maximum absolute atomic E-state index is 12.2. The number of nitriles is 1. The molecule has 0 saturated heterocycles. The van der Waals surface area contributed by atoms with Gasteiger partial charge >= 0.3 is 11.9 Å². The summed E-state index contributed by atoms with van der Waals surface area (Å²) in [4.78, 5) is 24.3. The van der Waals surface area contributed by atoms with Crippen molar-refractivity contribution in [2.24, 2.45) is 10.2 Å². The summed E-state index contributed by atoms with van der Waals surface area (Å²) in [5.74, 6) is 0.164. The van der Waals surface area contributed by atoms with Crippen LogP contribution >= 0.6 is 0 Å². The molecule has 9 heteroatoms. The number of ether oxygens (including phenoxy) is 4. The van der Waals surface area contributed by atoms with Crippen LogP contribution in [0.4, 0.5) is 11.4 Å². The van der Waals surface area contributed by atoms with Crippen LogP contribution in [0.3, 0.4) is 0 Å². The minimum absolute atomic E-state index is 0. The summed E-state index contributed by atoms with van der Waals surface area (Å²) in [6.45, 7) is 4.97. The average Bonchev–Trinajstić information content (AvgIpc) is 2.98. The Labute approximate surface area is 249 Å². The molecule has 0 N–H and O–H groups in total. The topological polar surface area (TPSA) is 120 Å². The molecule has 0 heterocycles. The van der Waals surface area contributed by atoms with Crippen molar-refractivity contribution in [3.8, 4) is 17.6 Å². The van der Waals surface area contributed by atoms with E-state index >= 15 is 0 Å². The third-order valence-electron chi connectivity index (χ3n) is 5.62. The van der Waals surface area contributed by atoms with Gasteiger partial charge in [0.25, 0.3) is 0 Å². The van der Waals surface area contributed by atoms with Crippen LogP contribution in [-0.2, 0) is 9.47 Å². The molecule has 0 amide bonds. The van der Waals surface area contributed by atoms with E-state index in [4.69, 9.17) is 24.2 Å². The first kappa shape index (κ1) is 35.3. The highest BCUT2D eigenvalue weighted by Crippen LogP contribution is 2.22. The zero-order chi connectivity index (χ0) is 28.6. The van der Waals surface area contributed by atoms with Crippen LogP contribution in [-0.4, -0.2) is 38.4 Å². The van der Waals surface area contributed by atoms with Crippen LogP contribution in [0, 0.1) is 11.3 Å². The second kappa shape index (κ2) is 19.4. The van der Waals surface area contributed by atoms with Crippen LogP contribution in [0.2, 0.25) is 0 Å². The number of benzene rings is 3. The highest BCUT2D eigenvalue weighted by atomic mass is 16.5. The van der Waals surface area contributed by atoms with E-state index in [1.165, 1.54) is 6.07 Å². The second-order valence-corrected chi connectivity index (χ2v) is 8.65. The molecule has 3 aromatic rings. The molecular weight excluding hydrogens is 534 g/mol. The smallest absolute Gasteiger partial charge is 0.338 e. The van der Waals surface area contributed by atoms with Gasteiger partial charge in [0, 0.05) is 0 Å². The van der Waals surface area contributed by atoms with Crippen molar-refractivity contribution in [3.05, 3.63) is 83.4 Å². The molecule has 0 aliphatic carbocycles. The molecule has 3 rings (SSSR count). The summed E-state index contributed by atoms with van der Waals surface area (Å²) in [5, 5.41) is 17.2. The quantitative estimate of drug-likeness (QED) is 0.101. The highest BCUT2D eigenvalue weighted by molar-refractivity contribution is 5.96. The first-order valence-electron chi connectivity index (χ1n) is 13.3. The molecule has 0 atom stereocenters. The van der Waals surface area contributed by atoms with E-state index in [1.807, 2.05) is 24.3 Å². The van der Waals surface area contributed by atoms with E-state index in [1.54, 1.807) is 50.2 Å². The standard InChI is InChI=1S/C31H33N3O6.2CH4/c1-3-37-30(35)24-19-25(31(36)38-4-2)21-29(20-24)40-18-8-6-5-7-17-39-28-15-13-27(14-16-28)34-33-26-11-9-23(22-32)10-12-26;;/h9-16,19-21H,3-8,17-18H2,1-2H3;2*1H4. The Morgan fingerprint density at radius 2 is 1.12 bits per heavy atom. The molecule has 0 radical (unpaired) electrons. The van der Waals surface area contributed by atoms with Gasteiger partial charge in [-0.3, -0.25) is 0 Å². The van der Waals surface area contributed by atoms with E-state index in [0.29, 0.717) is 35.9 Å². The number of carbonyl (C=O) groups excluding carboxylic acids is 2. The third-order valence-corrected chi connectivity index (χ3v) is 5.62. The van der Waals surface area contributed by atoms with Crippen molar-refractivity contribution in [1.82, 2.24) is 0 Å². The number of carbonyl (C=O) groups is 2. The Morgan fingerprint density at radius 3 is 1.57 bits per heavy atom. The summed E-state index contributed by atoms with van der Waals surface area (Å²) in [7, 11) is 0. The van der Waals surface area contributed by atoms with Crippen molar-refractivity contribution in [2.45, 2.75) is 54.4 Å². The number of unbranched alkanes of at least 4 members (excludes halogenated alkanes) is 3. The molecule has 0 spiro atoms. The zero-order valence-corrected chi connectivity index (χ0v) is 22.8. The molecule has 0 saturated carbocycles. The molecule has 3 aromatic carbocycles. The van der Waals surface area contributed by atoms with Crippen LogP contribution in [0.1, 0.15) is 80.7 Å². The van der Waals surface area contributed by atoms with E-state index in [9.17, 15) is 9.59 Å². The Morgan fingerprint density at radius 1 is 0.667 bits per heavy atom. The minimum atomic E-state index is -0.513. The lowest BCUT2D eigenvalue weighted by Gasteiger charge is -2.11. The third kappa shape index (κ3) is 11.8. The van der Waals surface area contributed by atoms with Crippen molar-refractivity contribution < 1.29 is 28.5 Å². The number of hydrogen-bond acceptors (Lipinski definition) is 9. The molecule has 0 fully saturated rings. The summed E-state index contributed by atoms with van der Waals surface area (Å²) in [6.07, 6.45) is 3.63. The Kier molecular flexibility index (Phi) is 16.3. The summed E-state index contributed by atoms with van der Waals surface area (Å²) in [6, 6.07) is 21.0. The van der Waals surface area contributed by atoms with E-state index in [2.05, 4.69) is 16.3 Å². The lowest BCUT2D eigenvalue weighted by Crippen LogP contribution is -2.10. The minimum Gasteiger partial charge on any atom is -0.494 e. The lowest BCUT2D eigenvalue weighted by atomic mass is 10.1. The first-order chi connectivity index (χ1) is 19.5. The molecule has 0 unspecified atom stereocenters. The van der Waals surface area contributed by atoms with Crippen molar-refractivity contribution in [3.63, 3.8) is 0 Å². The van der Waals surface area contributed by atoms with Gasteiger partial charge in [0.05, 0.1) is 60.6 Å². The van der Waals surface area contributed by atoms with Crippen molar-refractivity contribution >= 4 is 23.3 Å². The maximum Gasteiger partial charge on any atom is 0.338 e. The zero-order valence-electron chi connectivity index (χ0n) is 22.8. The molecule has 9 nitrogen and oxygen atoms in total. The largest absolute Gasteiger partial charge is 0.494 e. The second-order valence-electron chi connectivity index (χ2n) is 8.65. The lowest BCUT2D eigenvalue weighted by molar-refractivity contribution is 0.0524. The number of azo groups is 1. The van der Waals surface area contributed by atoms with E-state index < -0.39 is 11.9 Å². The van der Waals surface area contributed by atoms with Gasteiger partial charge < -0.3 is 18.9 Å². The SMILES string of the molecule is C.C.CCOC(=O)c1cc(OCCCCCCOc2ccc(N=Nc3ccc(C#N)cc3)cc2)cc(C(=O)OCC)c1. The first-order valence-corrected chi connectivity index (χ1v) is 13.3. The summed E-state index contributed by atoms with van der Waals surface area (Å²) >= 11 is 0. The molecule has 0 bridgehead atoms. The van der Waals surface area contributed by atoms with Gasteiger partial charge in [-0.15, -0.1) is 0 Å². The molecular formula is C33H41N3O6. The van der Waals surface area contributed by atoms with Gasteiger partial charge in [-0.25, -0.2) is 9.59 Å². The van der Waals surface area contributed by atoms with E-state index in [-0.39, 0.29) is 39.2 Å². The molecule has 224 valence electrons. The van der Waals surface area contributed by atoms with Gasteiger partial charge in [-0.05, 0) is 106 Å². The fourth-order valence-corrected chi connectivity index (χ4v) is 3.61. The Hall–Kier alpha value is -4.71. The fraction of sp³-hybridized carbons (Fsp3) is 0.364. The number of rotatable bonds is 15. The Balaban J connectivity index is 0.00000441. The molecule has 0 aliphatic heterocycles. The Bertz CT molecular complexity index is 1280. The summed E-state index contributed by atoms with van der Waals surface area (Å²) < 4.78 is 21.7. The van der Waals surface area contributed by atoms with Crippen LogP contribution < -0.4 is 9.47 Å².